The van der Waals surface area contributed by atoms with E-state index in [9.17, 15) is 24.5 Å². The predicted octanol–water partition coefficient (Wildman–Crippen LogP) is 6.27. The van der Waals surface area contributed by atoms with E-state index in [0.717, 1.165) is 35.5 Å². The van der Waals surface area contributed by atoms with Gasteiger partial charge in [0.1, 0.15) is 0 Å². The Morgan fingerprint density at radius 2 is 1.40 bits per heavy atom. The van der Waals surface area contributed by atoms with Gasteiger partial charge in [-0.05, 0) is 79.7 Å². The molecule has 0 spiro atoms. The number of hydrogen-bond acceptors (Lipinski definition) is 10. The molecule has 0 aliphatic carbocycles. The van der Waals surface area contributed by atoms with Crippen LogP contribution in [-0.4, -0.2) is 54.5 Å². The maximum absolute atomic E-state index is 13.4. The summed E-state index contributed by atoms with van der Waals surface area (Å²) in [7, 11) is 0. The van der Waals surface area contributed by atoms with Crippen molar-refractivity contribution in [3.8, 4) is 0 Å². The SMILES string of the molecule is CC(=O)ON=C(C(=O)c1ccc(Sc2ccc(C(=O)c3ccc(N4CCOCC4)cc3)cc2)cc1)c1cccc([N+](=O)[O-])c1C. The number of anilines is 1. The molecule has 0 bridgehead atoms. The largest absolute Gasteiger partial charge is 0.378 e. The van der Waals surface area contributed by atoms with Crippen LogP contribution in [0.1, 0.15) is 44.3 Å². The normalized spacial score (nSPS) is 13.3. The Kier molecular flexibility index (Phi) is 9.81. The Labute approximate surface area is 263 Å². The van der Waals surface area contributed by atoms with Crippen LogP contribution < -0.4 is 4.90 Å². The molecule has 1 saturated heterocycles. The highest BCUT2D eigenvalue weighted by Gasteiger charge is 2.24. The molecule has 0 unspecified atom stereocenters. The molecular weight excluding hydrogens is 594 g/mol. The van der Waals surface area contributed by atoms with E-state index in [0.29, 0.717) is 24.3 Å². The minimum absolute atomic E-state index is 0.0619. The Bertz CT molecular complexity index is 1760. The topological polar surface area (TPSA) is 128 Å². The Hall–Kier alpha value is -5.13. The van der Waals surface area contributed by atoms with Crippen LogP contribution in [-0.2, 0) is 14.4 Å². The number of rotatable bonds is 10. The number of carbonyl (C=O) groups excluding carboxylic acids is 3. The van der Waals surface area contributed by atoms with Gasteiger partial charge in [-0.3, -0.25) is 19.7 Å². The van der Waals surface area contributed by atoms with Gasteiger partial charge in [-0.2, -0.15) is 0 Å². The number of carbonyl (C=O) groups is 3. The third-order valence-electron chi connectivity index (χ3n) is 7.21. The molecule has 10 nitrogen and oxygen atoms in total. The number of nitro benzene ring substituents is 1. The molecule has 0 N–H and O–H groups in total. The van der Waals surface area contributed by atoms with Crippen molar-refractivity contribution in [3.05, 3.63) is 129 Å². The van der Waals surface area contributed by atoms with Gasteiger partial charge in [-0.25, -0.2) is 4.79 Å². The van der Waals surface area contributed by atoms with Crippen LogP contribution in [0.15, 0.2) is 106 Å². The molecule has 45 heavy (non-hydrogen) atoms. The first-order valence-electron chi connectivity index (χ1n) is 14.1. The first-order chi connectivity index (χ1) is 21.7. The smallest absolute Gasteiger partial charge is 0.332 e. The summed E-state index contributed by atoms with van der Waals surface area (Å²) in [6, 6.07) is 26.0. The Balaban J connectivity index is 1.27. The van der Waals surface area contributed by atoms with Crippen LogP contribution >= 0.6 is 11.8 Å². The highest BCUT2D eigenvalue weighted by molar-refractivity contribution is 7.99. The fourth-order valence-corrected chi connectivity index (χ4v) is 5.65. The van der Waals surface area contributed by atoms with Crippen molar-refractivity contribution in [2.24, 2.45) is 5.16 Å². The molecule has 0 amide bonds. The van der Waals surface area contributed by atoms with Gasteiger partial charge in [0.2, 0.25) is 5.78 Å². The maximum Gasteiger partial charge on any atom is 0.332 e. The zero-order valence-electron chi connectivity index (χ0n) is 24.6. The minimum atomic E-state index is -0.732. The van der Waals surface area contributed by atoms with E-state index >= 15 is 0 Å². The average molecular weight is 624 g/mol. The maximum atomic E-state index is 13.4. The molecule has 1 aliphatic heterocycles. The van der Waals surface area contributed by atoms with E-state index in [2.05, 4.69) is 10.1 Å². The summed E-state index contributed by atoms with van der Waals surface area (Å²) in [6.45, 7) is 5.70. The zero-order valence-corrected chi connectivity index (χ0v) is 25.4. The number of nitrogens with zero attached hydrogens (tertiary/aromatic N) is 3. The highest BCUT2D eigenvalue weighted by Crippen LogP contribution is 2.29. The first kappa shape index (κ1) is 31.3. The number of nitro groups is 1. The van der Waals surface area contributed by atoms with Crippen LogP contribution in [0.5, 0.6) is 0 Å². The fraction of sp³-hybridized carbons (Fsp3) is 0.176. The average Bonchev–Trinajstić information content (AvgIpc) is 3.06. The molecular formula is C34H29N3O7S. The van der Waals surface area contributed by atoms with Crippen molar-refractivity contribution >= 4 is 46.4 Å². The predicted molar refractivity (Wildman–Crippen MR) is 170 cm³/mol. The number of morpholine rings is 1. The summed E-state index contributed by atoms with van der Waals surface area (Å²) in [5, 5.41) is 15.2. The van der Waals surface area contributed by atoms with Gasteiger partial charge in [0, 0.05) is 69.4 Å². The molecule has 1 fully saturated rings. The molecule has 0 atom stereocenters. The van der Waals surface area contributed by atoms with E-state index in [1.807, 2.05) is 36.4 Å². The molecule has 0 saturated carbocycles. The van der Waals surface area contributed by atoms with Crippen molar-refractivity contribution in [3.63, 3.8) is 0 Å². The van der Waals surface area contributed by atoms with Gasteiger partial charge in [-0.1, -0.05) is 29.1 Å². The lowest BCUT2D eigenvalue weighted by atomic mass is 9.96. The zero-order chi connectivity index (χ0) is 31.9. The monoisotopic (exact) mass is 623 g/mol. The number of benzene rings is 4. The van der Waals surface area contributed by atoms with E-state index in [1.54, 1.807) is 36.4 Å². The lowest BCUT2D eigenvalue weighted by Gasteiger charge is -2.28. The standard InChI is InChI=1S/C34H29N3O7S/c1-22-30(4-3-5-31(22)37(41)42)32(35-44-23(2)38)34(40)26-10-16-29(17-11-26)45-28-14-8-25(9-15-28)33(39)24-6-12-27(13-7-24)36-18-20-43-21-19-36/h3-17H,18-21H2,1-2H3. The van der Waals surface area contributed by atoms with Gasteiger partial charge in [0.15, 0.2) is 11.5 Å². The van der Waals surface area contributed by atoms with Crippen LogP contribution in [0.25, 0.3) is 0 Å². The number of hydrogen-bond donors (Lipinski definition) is 0. The van der Waals surface area contributed by atoms with Gasteiger partial charge >= 0.3 is 5.97 Å². The summed E-state index contributed by atoms with van der Waals surface area (Å²) in [4.78, 5) is 57.6. The second kappa shape index (κ2) is 14.1. The Morgan fingerprint density at radius 1 is 0.844 bits per heavy atom. The number of Topliss-reactive ketones (excluding diaryl/α,β-unsaturated/α-hetero) is 1. The van der Waals surface area contributed by atoms with Gasteiger partial charge < -0.3 is 14.5 Å². The number of ether oxygens (including phenoxy) is 1. The van der Waals surface area contributed by atoms with E-state index in [-0.39, 0.29) is 33.9 Å². The second-order valence-corrected chi connectivity index (χ2v) is 11.3. The molecule has 1 heterocycles. The fourth-order valence-electron chi connectivity index (χ4n) is 4.83. The Morgan fingerprint density at radius 3 is 1.96 bits per heavy atom. The molecule has 11 heteroatoms. The van der Waals surface area contributed by atoms with Crippen molar-refractivity contribution < 1.29 is 28.9 Å². The van der Waals surface area contributed by atoms with Gasteiger partial charge in [0.25, 0.3) is 5.69 Å². The third kappa shape index (κ3) is 7.51. The third-order valence-corrected chi connectivity index (χ3v) is 8.23. The van der Waals surface area contributed by atoms with E-state index < -0.39 is 16.7 Å². The summed E-state index contributed by atoms with van der Waals surface area (Å²) in [6.07, 6.45) is 0. The molecule has 4 aromatic carbocycles. The molecule has 0 radical (unpaired) electrons. The summed E-state index contributed by atoms with van der Waals surface area (Å²) in [5.41, 5.74) is 2.54. The van der Waals surface area contributed by atoms with Crippen molar-refractivity contribution in [2.45, 2.75) is 23.6 Å². The van der Waals surface area contributed by atoms with Crippen LogP contribution in [0.4, 0.5) is 11.4 Å². The quantitative estimate of drug-likeness (QED) is 0.0660. The lowest BCUT2D eigenvalue weighted by Crippen LogP contribution is -2.36. The first-order valence-corrected chi connectivity index (χ1v) is 14.9. The van der Waals surface area contributed by atoms with Crippen LogP contribution in [0, 0.1) is 17.0 Å². The molecule has 4 aromatic rings. The number of oxime groups is 1. The molecule has 5 rings (SSSR count). The van der Waals surface area contributed by atoms with Crippen LogP contribution in [0.2, 0.25) is 0 Å². The van der Waals surface area contributed by atoms with Gasteiger partial charge in [-0.15, -0.1) is 0 Å². The van der Waals surface area contributed by atoms with E-state index in [4.69, 9.17) is 9.57 Å². The second-order valence-electron chi connectivity index (χ2n) is 10.2. The van der Waals surface area contributed by atoms with Crippen molar-refractivity contribution in [1.82, 2.24) is 0 Å². The lowest BCUT2D eigenvalue weighted by molar-refractivity contribution is -0.385. The van der Waals surface area contributed by atoms with E-state index in [1.165, 1.54) is 36.9 Å². The van der Waals surface area contributed by atoms with Crippen LogP contribution in [0.3, 0.4) is 0 Å². The van der Waals surface area contributed by atoms with Gasteiger partial charge in [0.05, 0.1) is 18.1 Å². The minimum Gasteiger partial charge on any atom is -0.378 e. The molecule has 228 valence electrons. The summed E-state index contributed by atoms with van der Waals surface area (Å²) >= 11 is 1.46. The van der Waals surface area contributed by atoms with Crippen molar-refractivity contribution in [2.75, 3.05) is 31.2 Å². The van der Waals surface area contributed by atoms with Crippen molar-refractivity contribution in [1.29, 1.82) is 0 Å². The molecule has 0 aromatic heterocycles. The highest BCUT2D eigenvalue weighted by atomic mass is 32.2. The molecule has 1 aliphatic rings. The summed E-state index contributed by atoms with van der Waals surface area (Å²) < 4.78 is 5.41. The number of ketones is 2. The summed E-state index contributed by atoms with van der Waals surface area (Å²) in [5.74, 6) is -1.35.